The fraction of sp³-hybridized carbons (Fsp3) is 0.222. The van der Waals surface area contributed by atoms with Crippen LogP contribution in [0.15, 0.2) is 36.4 Å². The maximum absolute atomic E-state index is 14.0. The summed E-state index contributed by atoms with van der Waals surface area (Å²) in [5, 5.41) is 10.2. The van der Waals surface area contributed by atoms with E-state index in [9.17, 15) is 9.50 Å². The van der Waals surface area contributed by atoms with Gasteiger partial charge in [0.2, 0.25) is 5.88 Å². The number of benzene rings is 1. The molecule has 7 nitrogen and oxygen atoms in total. The minimum absolute atomic E-state index is 0.157. The van der Waals surface area contributed by atoms with Crippen molar-refractivity contribution in [3.63, 3.8) is 0 Å². The number of hydrogen-bond acceptors (Lipinski definition) is 6. The average molecular weight is 356 g/mol. The van der Waals surface area contributed by atoms with Crippen LogP contribution < -0.4 is 15.2 Å². The van der Waals surface area contributed by atoms with Crippen molar-refractivity contribution >= 4 is 16.9 Å². The summed E-state index contributed by atoms with van der Waals surface area (Å²) in [5.74, 6) is 0.249. The van der Waals surface area contributed by atoms with Crippen LogP contribution in [0.4, 0.5) is 10.2 Å². The largest absolute Gasteiger partial charge is 0.486 e. The molecular formula is C18H17FN4O3. The van der Waals surface area contributed by atoms with E-state index in [0.29, 0.717) is 29.9 Å². The molecule has 4 rings (SSSR count). The normalized spacial score (nSPS) is 15.7. The van der Waals surface area contributed by atoms with Crippen molar-refractivity contribution in [2.45, 2.75) is 13.0 Å². The molecule has 1 aliphatic rings. The molecule has 3 heterocycles. The highest BCUT2D eigenvalue weighted by atomic mass is 19.1. The lowest BCUT2D eigenvalue weighted by molar-refractivity contribution is 0.312. The van der Waals surface area contributed by atoms with Crippen LogP contribution in [0, 0.1) is 5.82 Å². The minimum atomic E-state index is -0.440. The van der Waals surface area contributed by atoms with Crippen molar-refractivity contribution < 1.29 is 19.0 Å². The molecule has 2 aromatic heterocycles. The van der Waals surface area contributed by atoms with Crippen molar-refractivity contribution in [2.75, 3.05) is 18.9 Å². The average Bonchev–Trinajstić information content (AvgIpc) is 2.92. The summed E-state index contributed by atoms with van der Waals surface area (Å²) >= 11 is 0. The predicted octanol–water partition coefficient (Wildman–Crippen LogP) is 2.62. The second kappa shape index (κ2) is 6.55. The maximum atomic E-state index is 14.0. The number of rotatable bonds is 0. The van der Waals surface area contributed by atoms with Gasteiger partial charge in [0.15, 0.2) is 17.4 Å². The summed E-state index contributed by atoms with van der Waals surface area (Å²) in [5.41, 5.74) is 7.67. The van der Waals surface area contributed by atoms with Gasteiger partial charge in [-0.3, -0.25) is 4.57 Å². The molecule has 0 fully saturated rings. The van der Waals surface area contributed by atoms with E-state index in [1.165, 1.54) is 6.07 Å². The number of anilines is 1. The van der Waals surface area contributed by atoms with Gasteiger partial charge in [-0.1, -0.05) is 18.2 Å². The summed E-state index contributed by atoms with van der Waals surface area (Å²) in [4.78, 5) is 8.25. The Morgan fingerprint density at radius 3 is 2.92 bits per heavy atom. The van der Waals surface area contributed by atoms with Crippen LogP contribution >= 0.6 is 0 Å². The molecule has 1 aromatic carbocycles. The van der Waals surface area contributed by atoms with Gasteiger partial charge in [-0.15, -0.1) is 0 Å². The molecule has 0 amide bonds. The zero-order valence-electron chi connectivity index (χ0n) is 13.9. The molecule has 0 spiro atoms. The van der Waals surface area contributed by atoms with E-state index < -0.39 is 5.82 Å². The highest BCUT2D eigenvalue weighted by molar-refractivity contribution is 5.87. The molecule has 3 N–H and O–H groups in total. The van der Waals surface area contributed by atoms with E-state index in [1.54, 1.807) is 28.8 Å². The Morgan fingerprint density at radius 2 is 2.04 bits per heavy atom. The Balaban J connectivity index is 1.84. The number of pyridine rings is 1. The summed E-state index contributed by atoms with van der Waals surface area (Å²) in [6.07, 6.45) is 4.33. The monoisotopic (exact) mass is 356 g/mol. The first-order valence-corrected chi connectivity index (χ1v) is 8.16. The van der Waals surface area contributed by atoms with Gasteiger partial charge < -0.3 is 20.3 Å². The number of nitrogens with zero attached hydrogens (tertiary/aromatic N) is 3. The van der Waals surface area contributed by atoms with E-state index in [-0.39, 0.29) is 30.7 Å². The highest BCUT2D eigenvalue weighted by Crippen LogP contribution is 2.29. The summed E-state index contributed by atoms with van der Waals surface area (Å²) < 4.78 is 26.6. The van der Waals surface area contributed by atoms with Crippen molar-refractivity contribution in [3.8, 4) is 17.6 Å². The molecule has 1 aliphatic heterocycles. The van der Waals surface area contributed by atoms with Gasteiger partial charge in [-0.2, -0.15) is 9.97 Å². The number of aromatic nitrogens is 3. The first kappa shape index (κ1) is 16.2. The second-order valence-electron chi connectivity index (χ2n) is 5.90. The fourth-order valence-electron chi connectivity index (χ4n) is 2.83. The Bertz CT molecular complexity index is 1000. The Hall–Kier alpha value is -3.29. The number of imidazole rings is 1. The molecule has 0 unspecified atom stereocenters. The summed E-state index contributed by atoms with van der Waals surface area (Å²) in [6, 6.07) is 6.05. The van der Waals surface area contributed by atoms with Gasteiger partial charge in [-0.05, 0) is 24.1 Å². The van der Waals surface area contributed by atoms with Crippen molar-refractivity contribution in [3.05, 3.63) is 47.8 Å². The molecule has 4 bridgehead atoms. The number of fused-ring (bicyclic) bond motifs is 3. The van der Waals surface area contributed by atoms with E-state index in [4.69, 9.17) is 15.2 Å². The van der Waals surface area contributed by atoms with Crippen molar-refractivity contribution in [1.82, 2.24) is 14.5 Å². The lowest BCUT2D eigenvalue weighted by Crippen LogP contribution is -2.03. The quantitative estimate of drug-likeness (QED) is 0.601. The number of hydrogen-bond donors (Lipinski definition) is 2. The van der Waals surface area contributed by atoms with E-state index in [0.717, 1.165) is 5.56 Å². The van der Waals surface area contributed by atoms with Gasteiger partial charge in [0, 0.05) is 6.07 Å². The van der Waals surface area contributed by atoms with Crippen molar-refractivity contribution in [2.24, 2.45) is 0 Å². The molecule has 3 aromatic rings. The van der Waals surface area contributed by atoms with Crippen LogP contribution in [0.3, 0.4) is 0 Å². The predicted molar refractivity (Wildman–Crippen MR) is 93.9 cm³/mol. The third-order valence-corrected chi connectivity index (χ3v) is 4.09. The van der Waals surface area contributed by atoms with Gasteiger partial charge in [0.05, 0.1) is 18.7 Å². The Morgan fingerprint density at radius 1 is 1.15 bits per heavy atom. The lowest BCUT2D eigenvalue weighted by Gasteiger charge is -2.10. The molecule has 0 radical (unpaired) electrons. The van der Waals surface area contributed by atoms with Crippen LogP contribution in [0.25, 0.3) is 11.0 Å². The molecule has 26 heavy (non-hydrogen) atoms. The standard InChI is InChI=1S/C18H17FN4O3/c19-12-5-4-11-8-14(12)25-6-2-1-3-7-26-15-9-13-16(17(20)21-15)22-18(24)23(13)10-11/h1-2,4-5,8-9H,3,6-7,10H2,(H2,20,21)(H,22,24)/b2-1+. The first-order chi connectivity index (χ1) is 12.6. The molecule has 8 heteroatoms. The Labute approximate surface area is 148 Å². The second-order valence-corrected chi connectivity index (χ2v) is 5.90. The van der Waals surface area contributed by atoms with Crippen LogP contribution in [0.1, 0.15) is 12.0 Å². The Kier molecular flexibility index (Phi) is 4.08. The number of nitrogens with two attached hydrogens (primary N) is 1. The third kappa shape index (κ3) is 3.01. The lowest BCUT2D eigenvalue weighted by atomic mass is 10.2. The number of nitrogen functional groups attached to an aromatic ring is 1. The SMILES string of the molecule is Nc1nc2cc3c1nc(O)n3Cc1ccc(F)c(c1)OC/C=C/CCO2. The van der Waals surface area contributed by atoms with Crippen LogP contribution in [-0.2, 0) is 6.54 Å². The number of ether oxygens (including phenoxy) is 2. The molecule has 0 atom stereocenters. The summed E-state index contributed by atoms with van der Waals surface area (Å²) in [6.45, 7) is 0.911. The molecular weight excluding hydrogens is 339 g/mol. The topological polar surface area (TPSA) is 95.4 Å². The van der Waals surface area contributed by atoms with E-state index in [1.807, 2.05) is 6.08 Å². The van der Waals surface area contributed by atoms with E-state index >= 15 is 0 Å². The molecule has 0 saturated heterocycles. The molecule has 0 aliphatic carbocycles. The van der Waals surface area contributed by atoms with Gasteiger partial charge >= 0.3 is 0 Å². The van der Waals surface area contributed by atoms with Crippen molar-refractivity contribution in [1.29, 1.82) is 0 Å². The van der Waals surface area contributed by atoms with Gasteiger partial charge in [0.25, 0.3) is 6.01 Å². The van der Waals surface area contributed by atoms with Gasteiger partial charge in [0.1, 0.15) is 12.1 Å². The molecule has 134 valence electrons. The van der Waals surface area contributed by atoms with Crippen LogP contribution in [-0.4, -0.2) is 32.9 Å². The van der Waals surface area contributed by atoms with Crippen LogP contribution in [0.2, 0.25) is 0 Å². The molecule has 0 saturated carbocycles. The fourth-order valence-corrected chi connectivity index (χ4v) is 2.83. The van der Waals surface area contributed by atoms with Gasteiger partial charge in [-0.25, -0.2) is 4.39 Å². The number of aromatic hydroxyl groups is 1. The van der Waals surface area contributed by atoms with Crippen LogP contribution in [0.5, 0.6) is 17.6 Å². The smallest absolute Gasteiger partial charge is 0.295 e. The zero-order chi connectivity index (χ0) is 18.1. The third-order valence-electron chi connectivity index (χ3n) is 4.09. The maximum Gasteiger partial charge on any atom is 0.295 e. The minimum Gasteiger partial charge on any atom is -0.486 e. The highest BCUT2D eigenvalue weighted by Gasteiger charge is 2.16. The number of halogens is 1. The first-order valence-electron chi connectivity index (χ1n) is 8.16. The summed E-state index contributed by atoms with van der Waals surface area (Å²) in [7, 11) is 0. The van der Waals surface area contributed by atoms with E-state index in [2.05, 4.69) is 9.97 Å². The zero-order valence-corrected chi connectivity index (χ0v) is 13.9.